The van der Waals surface area contributed by atoms with Gasteiger partial charge in [-0.05, 0) is 37.5 Å². The van der Waals surface area contributed by atoms with Gasteiger partial charge < -0.3 is 14.4 Å². The first-order valence-electron chi connectivity index (χ1n) is 10.8. The first-order chi connectivity index (χ1) is 15.0. The van der Waals surface area contributed by atoms with E-state index in [1.165, 1.54) is 6.07 Å². The molecule has 1 heterocycles. The molecule has 168 valence electrons. The molecule has 0 bridgehead atoms. The maximum atomic E-state index is 14.3. The van der Waals surface area contributed by atoms with Gasteiger partial charge in [0.15, 0.2) is 5.75 Å². The van der Waals surface area contributed by atoms with Gasteiger partial charge in [0, 0.05) is 30.8 Å². The zero-order chi connectivity index (χ0) is 22.2. The second-order valence-electron chi connectivity index (χ2n) is 7.74. The Morgan fingerprint density at radius 2 is 1.97 bits per heavy atom. The molecule has 31 heavy (non-hydrogen) atoms. The summed E-state index contributed by atoms with van der Waals surface area (Å²) in [6.07, 6.45) is 4.80. The maximum Gasteiger partial charge on any atom is 0.254 e. The molecular weight excluding hydrogens is 440 g/mol. The van der Waals surface area contributed by atoms with Crippen LogP contribution in [0.3, 0.4) is 0 Å². The number of carbonyl (C=O) groups excluding carboxylic acids is 1. The van der Waals surface area contributed by atoms with Crippen molar-refractivity contribution in [3.05, 3.63) is 63.4 Å². The van der Waals surface area contributed by atoms with Crippen molar-refractivity contribution in [2.45, 2.75) is 51.7 Å². The largest absolute Gasteiger partial charge is 0.490 e. The van der Waals surface area contributed by atoms with Gasteiger partial charge in [-0.3, -0.25) is 4.79 Å². The van der Waals surface area contributed by atoms with Crippen molar-refractivity contribution in [2.24, 2.45) is 0 Å². The molecule has 1 saturated heterocycles. The second kappa shape index (κ2) is 11.7. The van der Waals surface area contributed by atoms with Crippen molar-refractivity contribution in [3.8, 4) is 5.75 Å². The van der Waals surface area contributed by atoms with Crippen molar-refractivity contribution in [2.75, 3.05) is 19.8 Å². The molecule has 1 aliphatic rings. The van der Waals surface area contributed by atoms with Crippen LogP contribution in [0.1, 0.15) is 54.9 Å². The number of nitrogens with zero attached hydrogens (tertiary/aromatic N) is 1. The van der Waals surface area contributed by atoms with E-state index in [9.17, 15) is 9.18 Å². The van der Waals surface area contributed by atoms with Gasteiger partial charge in [-0.15, -0.1) is 0 Å². The smallest absolute Gasteiger partial charge is 0.254 e. The molecule has 0 spiro atoms. The molecule has 2 aromatic carbocycles. The van der Waals surface area contributed by atoms with E-state index in [0.717, 1.165) is 32.1 Å². The zero-order valence-electron chi connectivity index (χ0n) is 17.7. The Balaban J connectivity index is 1.80. The highest BCUT2D eigenvalue weighted by atomic mass is 35.5. The van der Waals surface area contributed by atoms with Gasteiger partial charge >= 0.3 is 0 Å². The molecule has 1 atom stereocenters. The third-order valence-corrected chi connectivity index (χ3v) is 5.86. The molecule has 4 nitrogen and oxygen atoms in total. The normalized spacial score (nSPS) is 15.8. The topological polar surface area (TPSA) is 38.8 Å². The molecule has 1 amide bonds. The summed E-state index contributed by atoms with van der Waals surface area (Å²) >= 11 is 12.8. The standard InChI is InChI=1S/C24H28Cl2FNO3/c1-2-3-6-11-31-23-20(25)13-18(14-21(23)26)24(29)28(16-19-9-7-12-30-19)15-17-8-4-5-10-22(17)27/h4-5,8,10,13-14,19H,2-3,6-7,9,11-12,15-16H2,1H3. The fraction of sp³-hybridized carbons (Fsp3) is 0.458. The van der Waals surface area contributed by atoms with Gasteiger partial charge in [-0.2, -0.15) is 0 Å². The monoisotopic (exact) mass is 467 g/mol. The Hall–Kier alpha value is -1.82. The van der Waals surface area contributed by atoms with E-state index in [0.29, 0.717) is 36.6 Å². The minimum atomic E-state index is -0.348. The van der Waals surface area contributed by atoms with Crippen LogP contribution in [0, 0.1) is 5.82 Å². The summed E-state index contributed by atoms with van der Waals surface area (Å²) in [6.45, 7) is 3.81. The molecule has 7 heteroatoms. The summed E-state index contributed by atoms with van der Waals surface area (Å²) in [7, 11) is 0. The first-order valence-corrected chi connectivity index (χ1v) is 11.5. The summed E-state index contributed by atoms with van der Waals surface area (Å²) in [6, 6.07) is 9.58. The number of ether oxygens (including phenoxy) is 2. The molecule has 3 rings (SSSR count). The van der Waals surface area contributed by atoms with E-state index in [4.69, 9.17) is 32.7 Å². The minimum absolute atomic E-state index is 0.0668. The van der Waals surface area contributed by atoms with E-state index in [1.807, 2.05) is 0 Å². The minimum Gasteiger partial charge on any atom is -0.490 e. The van der Waals surface area contributed by atoms with Gasteiger partial charge in [0.1, 0.15) is 5.82 Å². The lowest BCUT2D eigenvalue weighted by molar-refractivity contribution is 0.0505. The quantitative estimate of drug-likeness (QED) is 0.373. The molecule has 0 N–H and O–H groups in total. The van der Waals surface area contributed by atoms with Crippen LogP contribution in [-0.4, -0.2) is 36.7 Å². The highest BCUT2D eigenvalue weighted by molar-refractivity contribution is 6.37. The van der Waals surface area contributed by atoms with Crippen molar-refractivity contribution in [1.82, 2.24) is 4.90 Å². The highest BCUT2D eigenvalue weighted by Crippen LogP contribution is 2.35. The molecule has 1 fully saturated rings. The number of benzene rings is 2. The Morgan fingerprint density at radius 1 is 1.23 bits per heavy atom. The van der Waals surface area contributed by atoms with E-state index < -0.39 is 0 Å². The average molecular weight is 468 g/mol. The molecule has 2 aromatic rings. The van der Waals surface area contributed by atoms with Crippen LogP contribution < -0.4 is 4.74 Å². The fourth-order valence-electron chi connectivity index (χ4n) is 3.62. The summed E-state index contributed by atoms with van der Waals surface area (Å²) in [5.74, 6) is -0.240. The van der Waals surface area contributed by atoms with E-state index in [-0.39, 0.29) is 34.4 Å². The summed E-state index contributed by atoms with van der Waals surface area (Å²) in [4.78, 5) is 14.9. The molecule has 0 aromatic heterocycles. The van der Waals surface area contributed by atoms with E-state index >= 15 is 0 Å². The maximum absolute atomic E-state index is 14.3. The molecule has 0 radical (unpaired) electrons. The Morgan fingerprint density at radius 3 is 2.61 bits per heavy atom. The van der Waals surface area contributed by atoms with E-state index in [1.54, 1.807) is 35.2 Å². The van der Waals surface area contributed by atoms with Gasteiger partial charge in [-0.1, -0.05) is 61.2 Å². The van der Waals surface area contributed by atoms with Crippen molar-refractivity contribution in [3.63, 3.8) is 0 Å². The van der Waals surface area contributed by atoms with Crippen LogP contribution in [0.25, 0.3) is 0 Å². The van der Waals surface area contributed by atoms with Crippen LogP contribution in [0.15, 0.2) is 36.4 Å². The number of unbranched alkanes of at least 4 members (excludes halogenated alkanes) is 2. The number of carbonyl (C=O) groups is 1. The highest BCUT2D eigenvalue weighted by Gasteiger charge is 2.25. The summed E-state index contributed by atoms with van der Waals surface area (Å²) < 4.78 is 25.7. The molecule has 0 aliphatic carbocycles. The predicted molar refractivity (Wildman–Crippen MR) is 122 cm³/mol. The predicted octanol–water partition coefficient (Wildman–Crippen LogP) is 6.52. The molecular formula is C24H28Cl2FNO3. The van der Waals surface area contributed by atoms with Gasteiger partial charge in [-0.25, -0.2) is 4.39 Å². The van der Waals surface area contributed by atoms with Crippen molar-refractivity contribution < 1.29 is 18.7 Å². The van der Waals surface area contributed by atoms with Crippen LogP contribution in [-0.2, 0) is 11.3 Å². The lowest BCUT2D eigenvalue weighted by Crippen LogP contribution is -2.37. The van der Waals surface area contributed by atoms with E-state index in [2.05, 4.69) is 6.92 Å². The Labute approximate surface area is 193 Å². The summed E-state index contributed by atoms with van der Waals surface area (Å²) in [5, 5.41) is 0.575. The molecule has 1 aliphatic heterocycles. The second-order valence-corrected chi connectivity index (χ2v) is 8.55. The van der Waals surface area contributed by atoms with Gasteiger partial charge in [0.2, 0.25) is 0 Å². The number of amides is 1. The zero-order valence-corrected chi connectivity index (χ0v) is 19.2. The van der Waals surface area contributed by atoms with Gasteiger partial charge in [0.05, 0.1) is 22.8 Å². The number of rotatable bonds is 10. The van der Waals surface area contributed by atoms with Crippen molar-refractivity contribution in [1.29, 1.82) is 0 Å². The van der Waals surface area contributed by atoms with Crippen molar-refractivity contribution >= 4 is 29.1 Å². The van der Waals surface area contributed by atoms with Gasteiger partial charge in [0.25, 0.3) is 5.91 Å². The third-order valence-electron chi connectivity index (χ3n) is 5.29. The van der Waals surface area contributed by atoms with Crippen LogP contribution in [0.2, 0.25) is 10.0 Å². The molecule has 0 saturated carbocycles. The number of halogens is 3. The lowest BCUT2D eigenvalue weighted by atomic mass is 10.1. The average Bonchev–Trinajstić information content (AvgIpc) is 3.26. The Kier molecular flexibility index (Phi) is 9.00. The molecule has 1 unspecified atom stereocenters. The SMILES string of the molecule is CCCCCOc1c(Cl)cc(C(=O)N(Cc2ccccc2F)CC2CCCO2)cc1Cl. The number of hydrogen-bond donors (Lipinski definition) is 0. The first kappa shape index (κ1) is 23.8. The van der Waals surface area contributed by atoms with Crippen LogP contribution in [0.4, 0.5) is 4.39 Å². The van der Waals surface area contributed by atoms with Crippen LogP contribution >= 0.6 is 23.2 Å². The van der Waals surface area contributed by atoms with Crippen LogP contribution in [0.5, 0.6) is 5.75 Å². The third kappa shape index (κ3) is 6.58. The Bertz CT molecular complexity index is 864. The fourth-order valence-corrected chi connectivity index (χ4v) is 4.21. The number of hydrogen-bond acceptors (Lipinski definition) is 3. The lowest BCUT2D eigenvalue weighted by Gasteiger charge is -2.26. The summed E-state index contributed by atoms with van der Waals surface area (Å²) in [5.41, 5.74) is 0.784.